The number of alkyl halides is 2. The number of halogens is 2. The van der Waals surface area contributed by atoms with Crippen LogP contribution in [0, 0.1) is 0 Å². The summed E-state index contributed by atoms with van der Waals surface area (Å²) in [5, 5.41) is 0. The fraction of sp³-hybridized carbons (Fsp3) is 0.778. The summed E-state index contributed by atoms with van der Waals surface area (Å²) in [7, 11) is 0. The number of esters is 1. The van der Waals surface area contributed by atoms with Gasteiger partial charge in [-0.1, -0.05) is 0 Å². The highest BCUT2D eigenvalue weighted by Gasteiger charge is 2.50. The van der Waals surface area contributed by atoms with Crippen LogP contribution in [0.25, 0.3) is 0 Å². The zero-order chi connectivity index (χ0) is 12.1. The summed E-state index contributed by atoms with van der Waals surface area (Å²) < 4.78 is 30.4. The summed E-state index contributed by atoms with van der Waals surface area (Å²) in [6, 6.07) is 0. The minimum absolute atomic E-state index is 0.129. The van der Waals surface area contributed by atoms with Gasteiger partial charge in [-0.15, -0.1) is 0 Å². The monoisotopic (exact) mass is 223 g/mol. The van der Waals surface area contributed by atoms with E-state index in [1.807, 2.05) is 0 Å². The maximum Gasteiger partial charge on any atom is 0.419 e. The van der Waals surface area contributed by atoms with Crippen LogP contribution in [0.1, 0.15) is 20.8 Å². The highest BCUT2D eigenvalue weighted by atomic mass is 19.3. The minimum Gasteiger partial charge on any atom is -0.461 e. The maximum atomic E-state index is 13.2. The molecule has 0 spiro atoms. The van der Waals surface area contributed by atoms with Crippen molar-refractivity contribution in [2.45, 2.75) is 26.7 Å². The molecule has 0 atom stereocenters. The molecule has 0 heterocycles. The van der Waals surface area contributed by atoms with E-state index >= 15 is 0 Å². The van der Waals surface area contributed by atoms with Gasteiger partial charge < -0.3 is 9.64 Å². The lowest BCUT2D eigenvalue weighted by molar-refractivity contribution is -0.182. The van der Waals surface area contributed by atoms with Gasteiger partial charge in [0, 0.05) is 13.1 Å². The van der Waals surface area contributed by atoms with Gasteiger partial charge in [0.05, 0.1) is 6.61 Å². The zero-order valence-electron chi connectivity index (χ0n) is 9.05. The third-order valence-corrected chi connectivity index (χ3v) is 1.85. The SMILES string of the molecule is CCOC(=O)C(F)(F)C(=O)N(CC)CC. The average molecular weight is 223 g/mol. The van der Waals surface area contributed by atoms with Gasteiger partial charge in [-0.2, -0.15) is 8.78 Å². The Morgan fingerprint density at radius 2 is 1.67 bits per heavy atom. The summed E-state index contributed by atoms with van der Waals surface area (Å²) in [4.78, 5) is 22.9. The van der Waals surface area contributed by atoms with Crippen LogP contribution in [0.5, 0.6) is 0 Å². The summed E-state index contributed by atoms with van der Waals surface area (Å²) >= 11 is 0. The van der Waals surface area contributed by atoms with E-state index < -0.39 is 17.8 Å². The van der Waals surface area contributed by atoms with Crippen LogP contribution >= 0.6 is 0 Å². The van der Waals surface area contributed by atoms with Gasteiger partial charge in [0.1, 0.15) is 0 Å². The molecule has 0 aromatic rings. The van der Waals surface area contributed by atoms with Gasteiger partial charge in [0.15, 0.2) is 0 Å². The smallest absolute Gasteiger partial charge is 0.419 e. The predicted molar refractivity (Wildman–Crippen MR) is 49.5 cm³/mol. The summed E-state index contributed by atoms with van der Waals surface area (Å²) in [5.74, 6) is -7.38. The molecule has 0 saturated heterocycles. The van der Waals surface area contributed by atoms with Crippen molar-refractivity contribution in [3.8, 4) is 0 Å². The summed E-state index contributed by atoms with van der Waals surface area (Å²) in [6.45, 7) is 4.59. The van der Waals surface area contributed by atoms with Crippen LogP contribution in [0.4, 0.5) is 8.78 Å². The Hall–Kier alpha value is -1.20. The minimum atomic E-state index is -4.08. The Balaban J connectivity index is 4.70. The number of ether oxygens (including phenoxy) is 1. The standard InChI is InChI=1S/C9H15F2NO3/c1-4-12(5-2)7(13)9(10,11)8(14)15-6-3/h4-6H2,1-3H3. The summed E-state index contributed by atoms with van der Waals surface area (Å²) in [5.41, 5.74) is 0. The molecule has 0 aromatic heterocycles. The molecule has 6 heteroatoms. The van der Waals surface area contributed by atoms with E-state index in [0.29, 0.717) is 0 Å². The Kier molecular flexibility index (Phi) is 5.18. The number of hydrogen-bond donors (Lipinski definition) is 0. The molecule has 0 fully saturated rings. The van der Waals surface area contributed by atoms with Crippen LogP contribution in [-0.2, 0) is 14.3 Å². The van der Waals surface area contributed by atoms with E-state index in [4.69, 9.17) is 0 Å². The molecule has 0 aliphatic rings. The van der Waals surface area contributed by atoms with Gasteiger partial charge in [-0.25, -0.2) is 4.79 Å². The number of nitrogens with zero attached hydrogens (tertiary/aromatic N) is 1. The van der Waals surface area contributed by atoms with Gasteiger partial charge in [0.2, 0.25) is 0 Å². The normalized spacial score (nSPS) is 11.0. The Morgan fingerprint density at radius 1 is 1.20 bits per heavy atom. The second-order valence-corrected chi connectivity index (χ2v) is 2.77. The van der Waals surface area contributed by atoms with Crippen LogP contribution in [0.3, 0.4) is 0 Å². The highest BCUT2D eigenvalue weighted by Crippen LogP contribution is 2.19. The summed E-state index contributed by atoms with van der Waals surface area (Å²) in [6.07, 6.45) is 0. The fourth-order valence-corrected chi connectivity index (χ4v) is 1.02. The van der Waals surface area contributed by atoms with Gasteiger partial charge in [0.25, 0.3) is 0 Å². The first kappa shape index (κ1) is 13.8. The van der Waals surface area contributed by atoms with Crippen molar-refractivity contribution in [2.24, 2.45) is 0 Å². The molecule has 1 amide bonds. The topological polar surface area (TPSA) is 46.6 Å². The first-order valence-corrected chi connectivity index (χ1v) is 4.76. The molecule has 0 rings (SSSR count). The maximum absolute atomic E-state index is 13.2. The third-order valence-electron chi connectivity index (χ3n) is 1.85. The van der Waals surface area contributed by atoms with Crippen molar-refractivity contribution in [3.63, 3.8) is 0 Å². The molecule has 0 saturated carbocycles. The largest absolute Gasteiger partial charge is 0.461 e. The van der Waals surface area contributed by atoms with E-state index in [2.05, 4.69) is 4.74 Å². The van der Waals surface area contributed by atoms with Crippen molar-refractivity contribution in [1.82, 2.24) is 4.90 Å². The second-order valence-electron chi connectivity index (χ2n) is 2.77. The lowest BCUT2D eigenvalue weighted by Crippen LogP contribution is -2.48. The van der Waals surface area contributed by atoms with Crippen LogP contribution in [0.2, 0.25) is 0 Å². The van der Waals surface area contributed by atoms with E-state index in [9.17, 15) is 18.4 Å². The zero-order valence-corrected chi connectivity index (χ0v) is 9.05. The number of carbonyl (C=O) groups is 2. The molecule has 0 N–H and O–H groups in total. The highest BCUT2D eigenvalue weighted by molar-refractivity contribution is 6.04. The van der Waals surface area contributed by atoms with Crippen LogP contribution in [-0.4, -0.2) is 42.4 Å². The number of rotatable bonds is 5. The van der Waals surface area contributed by atoms with E-state index in [-0.39, 0.29) is 19.7 Å². The lowest BCUT2D eigenvalue weighted by Gasteiger charge is -2.23. The van der Waals surface area contributed by atoms with E-state index in [0.717, 1.165) is 4.90 Å². The quantitative estimate of drug-likeness (QED) is 0.517. The molecule has 0 radical (unpaired) electrons. The third kappa shape index (κ3) is 3.14. The van der Waals surface area contributed by atoms with Crippen molar-refractivity contribution in [1.29, 1.82) is 0 Å². The second kappa shape index (κ2) is 5.63. The Morgan fingerprint density at radius 3 is 2.00 bits per heavy atom. The number of hydrogen-bond acceptors (Lipinski definition) is 3. The first-order valence-electron chi connectivity index (χ1n) is 4.76. The molecule has 0 aliphatic heterocycles. The van der Waals surface area contributed by atoms with Crippen molar-refractivity contribution in [2.75, 3.05) is 19.7 Å². The molecule has 4 nitrogen and oxygen atoms in total. The van der Waals surface area contributed by atoms with Crippen molar-refractivity contribution < 1.29 is 23.1 Å². The number of carbonyl (C=O) groups excluding carboxylic acids is 2. The molecular formula is C9H15F2NO3. The van der Waals surface area contributed by atoms with Gasteiger partial charge >= 0.3 is 17.8 Å². The fourth-order valence-electron chi connectivity index (χ4n) is 1.02. The van der Waals surface area contributed by atoms with Crippen LogP contribution < -0.4 is 0 Å². The van der Waals surface area contributed by atoms with Crippen molar-refractivity contribution in [3.05, 3.63) is 0 Å². The van der Waals surface area contributed by atoms with Crippen molar-refractivity contribution >= 4 is 11.9 Å². The van der Waals surface area contributed by atoms with E-state index in [1.165, 1.54) is 6.92 Å². The molecular weight excluding hydrogens is 208 g/mol. The molecule has 0 unspecified atom stereocenters. The lowest BCUT2D eigenvalue weighted by atomic mass is 10.3. The number of amides is 1. The molecule has 0 bridgehead atoms. The average Bonchev–Trinajstić information content (AvgIpc) is 2.19. The molecule has 0 aromatic carbocycles. The van der Waals surface area contributed by atoms with Gasteiger partial charge in [-0.3, -0.25) is 4.79 Å². The predicted octanol–water partition coefficient (Wildman–Crippen LogP) is 1.05. The van der Waals surface area contributed by atoms with E-state index in [1.54, 1.807) is 13.8 Å². The van der Waals surface area contributed by atoms with Gasteiger partial charge in [-0.05, 0) is 20.8 Å². The molecule has 88 valence electrons. The Bertz CT molecular complexity index is 240. The Labute approximate surface area is 87.2 Å². The molecule has 15 heavy (non-hydrogen) atoms. The van der Waals surface area contributed by atoms with Crippen LogP contribution in [0.15, 0.2) is 0 Å². The first-order chi connectivity index (χ1) is 6.91. The molecule has 0 aliphatic carbocycles.